The second kappa shape index (κ2) is 5.51. The molecule has 122 valence electrons. The molecule has 4 rings (SSSR count). The molecule has 8 heteroatoms. The lowest BCUT2D eigenvalue weighted by Gasteiger charge is -2.32. The summed E-state index contributed by atoms with van der Waals surface area (Å²) in [5, 5.41) is 0. The average Bonchev–Trinajstić information content (AvgIpc) is 3.08. The number of fused-ring (bicyclic) bond motifs is 2. The summed E-state index contributed by atoms with van der Waals surface area (Å²) in [6.07, 6.45) is 3.39. The van der Waals surface area contributed by atoms with Gasteiger partial charge in [-0.2, -0.15) is 0 Å². The minimum atomic E-state index is -3.98. The van der Waals surface area contributed by atoms with Crippen molar-refractivity contribution < 1.29 is 13.1 Å². The van der Waals surface area contributed by atoms with Gasteiger partial charge in [0.25, 0.3) is 0 Å². The largest absolute Gasteiger partial charge is 0.738 e. The molecular formula is C16H10BBr3F2N2. The molecule has 0 saturated heterocycles. The Hall–Kier alpha value is -0.985. The molecule has 2 aromatic rings. The van der Waals surface area contributed by atoms with Gasteiger partial charge in [0, 0.05) is 43.8 Å². The molecule has 0 radical (unpaired) electrons. The number of hydrogen-bond acceptors (Lipinski definition) is 0. The van der Waals surface area contributed by atoms with Crippen molar-refractivity contribution in [3.8, 4) is 0 Å². The summed E-state index contributed by atoms with van der Waals surface area (Å²) in [5.74, 6) is 0. The Bertz CT molecular complexity index is 989. The molecule has 3 heterocycles. The van der Waals surface area contributed by atoms with Gasteiger partial charge in [-0.3, -0.25) is 0 Å². The topological polar surface area (TPSA) is 7.94 Å². The van der Waals surface area contributed by atoms with E-state index in [0.29, 0.717) is 20.6 Å². The van der Waals surface area contributed by atoms with Gasteiger partial charge in [0.15, 0.2) is 5.70 Å². The van der Waals surface area contributed by atoms with Crippen LogP contribution in [0.25, 0.3) is 5.57 Å². The number of halogens is 5. The molecule has 0 saturated carbocycles. The number of allylic oxidation sites excluding steroid dienone is 2. The van der Waals surface area contributed by atoms with Crippen molar-refractivity contribution >= 4 is 65.0 Å². The standard InChI is InChI=1S/C16H10BBr3F2N2/c1-9-2-3-11(18)10(8-9)16-12-4-6-14(19)23(12)17(21,22)24-13(16)5-7-15(24)20/h2-8H,1H3. The van der Waals surface area contributed by atoms with Crippen LogP contribution in [0.4, 0.5) is 8.63 Å². The highest BCUT2D eigenvalue weighted by molar-refractivity contribution is 9.18. The van der Waals surface area contributed by atoms with E-state index in [9.17, 15) is 0 Å². The van der Waals surface area contributed by atoms with Crippen LogP contribution in [0.1, 0.15) is 16.8 Å². The average molecular weight is 519 g/mol. The highest BCUT2D eigenvalue weighted by Crippen LogP contribution is 2.43. The van der Waals surface area contributed by atoms with Crippen LogP contribution in [-0.2, 0) is 0 Å². The zero-order chi connectivity index (χ0) is 17.2. The molecule has 0 amide bonds. The fourth-order valence-corrected chi connectivity index (χ4v) is 4.82. The molecule has 2 aliphatic heterocycles. The van der Waals surface area contributed by atoms with Gasteiger partial charge in [0.05, 0.1) is 10.2 Å². The molecule has 1 aromatic carbocycles. The molecular weight excluding hydrogens is 509 g/mol. The summed E-state index contributed by atoms with van der Waals surface area (Å²) in [6.45, 7) is -1.99. The molecule has 0 aliphatic carbocycles. The number of rotatable bonds is 1. The van der Waals surface area contributed by atoms with Crippen LogP contribution in [0.5, 0.6) is 0 Å². The van der Waals surface area contributed by atoms with E-state index in [2.05, 4.69) is 47.8 Å². The smallest absolute Gasteiger partial charge is 0.389 e. The Morgan fingerprint density at radius 1 is 1.04 bits per heavy atom. The Kier molecular flexibility index (Phi) is 3.78. The quantitative estimate of drug-likeness (QED) is 0.429. The number of aromatic nitrogens is 1. The first-order valence-electron chi connectivity index (χ1n) is 7.22. The minimum Gasteiger partial charge on any atom is -0.389 e. The molecule has 0 spiro atoms. The molecule has 0 bridgehead atoms. The molecule has 1 aromatic heterocycles. The van der Waals surface area contributed by atoms with Crippen LogP contribution in [0.3, 0.4) is 0 Å². The first-order valence-corrected chi connectivity index (χ1v) is 9.60. The van der Waals surface area contributed by atoms with Crippen LogP contribution in [0.2, 0.25) is 0 Å². The van der Waals surface area contributed by atoms with Gasteiger partial charge < -0.3 is 17.6 Å². The second-order valence-electron chi connectivity index (χ2n) is 5.77. The maximum absolute atomic E-state index is 15.2. The van der Waals surface area contributed by atoms with Gasteiger partial charge in [0.1, 0.15) is 0 Å². The lowest BCUT2D eigenvalue weighted by Crippen LogP contribution is -2.50. The monoisotopic (exact) mass is 516 g/mol. The van der Waals surface area contributed by atoms with Crippen LogP contribution < -0.4 is 0 Å². The third-order valence-corrected chi connectivity index (χ3v) is 6.25. The molecule has 2 aliphatic rings. The maximum Gasteiger partial charge on any atom is 0.738 e. The fraction of sp³-hybridized carbons (Fsp3) is 0.0625. The van der Waals surface area contributed by atoms with Gasteiger partial charge in [-0.25, -0.2) is 0 Å². The van der Waals surface area contributed by atoms with E-state index < -0.39 is 6.97 Å². The third-order valence-electron chi connectivity index (χ3n) is 4.26. The molecule has 0 fully saturated rings. The first kappa shape index (κ1) is 16.5. The van der Waals surface area contributed by atoms with Crippen molar-refractivity contribution in [2.24, 2.45) is 0 Å². The lowest BCUT2D eigenvalue weighted by molar-refractivity contribution is -0.358. The van der Waals surface area contributed by atoms with Crippen LogP contribution >= 0.6 is 47.8 Å². The number of aryl methyl sites for hydroxylation is 1. The van der Waals surface area contributed by atoms with E-state index in [0.717, 1.165) is 30.1 Å². The van der Waals surface area contributed by atoms with E-state index in [4.69, 9.17) is 0 Å². The summed E-state index contributed by atoms with van der Waals surface area (Å²) in [5.41, 5.74) is 3.72. The predicted molar refractivity (Wildman–Crippen MR) is 104 cm³/mol. The van der Waals surface area contributed by atoms with E-state index in [1.54, 1.807) is 24.3 Å². The molecule has 24 heavy (non-hydrogen) atoms. The summed E-state index contributed by atoms with van der Waals surface area (Å²) in [7, 11) is 0. The van der Waals surface area contributed by atoms with E-state index in [-0.39, 0.29) is 0 Å². The number of hydrogen-bond donors (Lipinski definition) is 0. The predicted octanol–water partition coefficient (Wildman–Crippen LogP) is 5.69. The third kappa shape index (κ3) is 2.19. The Labute approximate surface area is 163 Å². The maximum atomic E-state index is 15.2. The number of benzene rings is 1. The second-order valence-corrected chi connectivity index (χ2v) is 8.25. The van der Waals surface area contributed by atoms with Crippen LogP contribution in [-0.4, -0.2) is 20.6 Å². The summed E-state index contributed by atoms with van der Waals surface area (Å²) in [6, 6.07) is 9.33. The van der Waals surface area contributed by atoms with Gasteiger partial charge in [-0.15, -0.1) is 0 Å². The zero-order valence-corrected chi connectivity index (χ0v) is 17.2. The van der Waals surface area contributed by atoms with Crippen molar-refractivity contribution in [1.29, 1.82) is 0 Å². The van der Waals surface area contributed by atoms with E-state index >= 15 is 8.63 Å². The molecule has 0 atom stereocenters. The first-order chi connectivity index (χ1) is 11.3. The Morgan fingerprint density at radius 3 is 2.54 bits per heavy atom. The van der Waals surface area contributed by atoms with Crippen molar-refractivity contribution in [2.45, 2.75) is 6.92 Å². The minimum absolute atomic E-state index is 0.357. The molecule has 2 nitrogen and oxygen atoms in total. The van der Waals surface area contributed by atoms with Gasteiger partial charge in [-0.1, -0.05) is 27.6 Å². The van der Waals surface area contributed by atoms with E-state index in [1.165, 1.54) is 0 Å². The highest BCUT2D eigenvalue weighted by atomic mass is 79.9. The van der Waals surface area contributed by atoms with Crippen molar-refractivity contribution in [3.63, 3.8) is 0 Å². The SMILES string of the molecule is Cc1ccc(Br)c(C2=C3C=CC(Br)=[N+]3[B-](F)(F)n3c(Br)ccc32)c1. The van der Waals surface area contributed by atoms with Crippen LogP contribution in [0, 0.1) is 6.92 Å². The fourth-order valence-electron chi connectivity index (χ4n) is 3.24. The van der Waals surface area contributed by atoms with Crippen molar-refractivity contribution in [3.05, 3.63) is 74.1 Å². The summed E-state index contributed by atoms with van der Waals surface area (Å²) >= 11 is 10.1. The van der Waals surface area contributed by atoms with Gasteiger partial charge >= 0.3 is 6.97 Å². The van der Waals surface area contributed by atoms with Gasteiger partial charge in [-0.05, 0) is 47.1 Å². The number of nitrogens with zero attached hydrogens (tertiary/aromatic N) is 2. The van der Waals surface area contributed by atoms with E-state index in [1.807, 2.05) is 25.1 Å². The van der Waals surface area contributed by atoms with Gasteiger partial charge in [0.2, 0.25) is 4.62 Å². The Morgan fingerprint density at radius 2 is 1.79 bits per heavy atom. The summed E-state index contributed by atoms with van der Waals surface area (Å²) < 4.78 is 34.0. The van der Waals surface area contributed by atoms with Crippen molar-refractivity contribution in [2.75, 3.05) is 0 Å². The highest BCUT2D eigenvalue weighted by Gasteiger charge is 2.54. The molecule has 0 N–H and O–H groups in total. The normalized spacial score (nSPS) is 18.2. The van der Waals surface area contributed by atoms with Crippen molar-refractivity contribution in [1.82, 2.24) is 4.48 Å². The lowest BCUT2D eigenvalue weighted by atomic mass is 9.86. The van der Waals surface area contributed by atoms with Crippen LogP contribution in [0.15, 0.2) is 57.3 Å². The zero-order valence-electron chi connectivity index (χ0n) is 12.4. The summed E-state index contributed by atoms with van der Waals surface area (Å²) in [4.78, 5) is 0. The Balaban J connectivity index is 2.14. The molecule has 0 unspecified atom stereocenters.